The molecule has 2 rings (SSSR count). The van der Waals surface area contributed by atoms with Gasteiger partial charge >= 0.3 is 0 Å². The standard InChI is InChI=1S/C12H13BrN4O2/c1-2-6-16-11(8-13)14-15-12(16)9-4-3-5-10(7-9)17(18)19/h3-5,7H,2,6,8H2,1H3. The minimum atomic E-state index is -0.407. The second-order valence-corrected chi connectivity index (χ2v) is 4.59. The van der Waals surface area contributed by atoms with Crippen molar-refractivity contribution in [3.8, 4) is 11.4 Å². The number of halogens is 1. The molecule has 100 valence electrons. The average molecular weight is 325 g/mol. The molecule has 0 aliphatic heterocycles. The van der Waals surface area contributed by atoms with Crippen LogP contribution in [0.15, 0.2) is 24.3 Å². The molecule has 0 radical (unpaired) electrons. The van der Waals surface area contributed by atoms with E-state index in [0.29, 0.717) is 16.7 Å². The number of nitro groups is 1. The molecular formula is C12H13BrN4O2. The van der Waals surface area contributed by atoms with Crippen LogP contribution in [0.2, 0.25) is 0 Å². The summed E-state index contributed by atoms with van der Waals surface area (Å²) in [5.74, 6) is 1.49. The van der Waals surface area contributed by atoms with Crippen LogP contribution in [-0.2, 0) is 11.9 Å². The Hall–Kier alpha value is -1.76. The number of nitro benzene ring substituents is 1. The first-order valence-electron chi connectivity index (χ1n) is 5.90. The van der Waals surface area contributed by atoms with Gasteiger partial charge in [0.2, 0.25) is 0 Å². The molecule has 0 fully saturated rings. The van der Waals surface area contributed by atoms with Gasteiger partial charge in [-0.3, -0.25) is 10.1 Å². The number of nitrogens with zero attached hydrogens (tertiary/aromatic N) is 4. The van der Waals surface area contributed by atoms with Gasteiger partial charge in [0, 0.05) is 24.2 Å². The third-order valence-electron chi connectivity index (χ3n) is 2.71. The maximum absolute atomic E-state index is 10.8. The molecule has 7 heteroatoms. The number of benzene rings is 1. The van der Waals surface area contributed by atoms with E-state index in [1.54, 1.807) is 12.1 Å². The van der Waals surface area contributed by atoms with Crippen molar-refractivity contribution >= 4 is 21.6 Å². The molecule has 0 N–H and O–H groups in total. The van der Waals surface area contributed by atoms with E-state index in [-0.39, 0.29) is 5.69 Å². The van der Waals surface area contributed by atoms with Gasteiger partial charge in [-0.2, -0.15) is 0 Å². The van der Waals surface area contributed by atoms with Gasteiger partial charge in [0.25, 0.3) is 5.69 Å². The van der Waals surface area contributed by atoms with E-state index in [9.17, 15) is 10.1 Å². The second-order valence-electron chi connectivity index (χ2n) is 4.03. The molecule has 0 unspecified atom stereocenters. The van der Waals surface area contributed by atoms with E-state index >= 15 is 0 Å². The first-order valence-corrected chi connectivity index (χ1v) is 7.02. The molecule has 0 atom stereocenters. The molecule has 0 bridgehead atoms. The highest BCUT2D eigenvalue weighted by Crippen LogP contribution is 2.23. The van der Waals surface area contributed by atoms with Crippen molar-refractivity contribution in [3.63, 3.8) is 0 Å². The minimum Gasteiger partial charge on any atom is -0.310 e. The van der Waals surface area contributed by atoms with E-state index in [0.717, 1.165) is 18.8 Å². The van der Waals surface area contributed by atoms with Crippen molar-refractivity contribution in [1.82, 2.24) is 14.8 Å². The summed E-state index contributed by atoms with van der Waals surface area (Å²) in [6, 6.07) is 6.46. The predicted molar refractivity (Wildman–Crippen MR) is 75.0 cm³/mol. The molecule has 6 nitrogen and oxygen atoms in total. The van der Waals surface area contributed by atoms with Crippen LogP contribution in [0.1, 0.15) is 19.2 Å². The molecule has 2 aromatic rings. The van der Waals surface area contributed by atoms with Crippen molar-refractivity contribution in [2.45, 2.75) is 25.2 Å². The lowest BCUT2D eigenvalue weighted by Gasteiger charge is -2.07. The first kappa shape index (κ1) is 13.7. The number of alkyl halides is 1. The maximum Gasteiger partial charge on any atom is 0.270 e. The Morgan fingerprint density at radius 1 is 1.42 bits per heavy atom. The van der Waals surface area contributed by atoms with Gasteiger partial charge in [0.05, 0.1) is 10.3 Å². The summed E-state index contributed by atoms with van der Waals surface area (Å²) in [6.07, 6.45) is 0.944. The summed E-state index contributed by atoms with van der Waals surface area (Å²) in [4.78, 5) is 10.4. The van der Waals surface area contributed by atoms with Crippen molar-refractivity contribution < 1.29 is 4.92 Å². The Labute approximate surface area is 118 Å². The molecule has 0 aliphatic rings. The maximum atomic E-state index is 10.8. The lowest BCUT2D eigenvalue weighted by atomic mass is 10.2. The van der Waals surface area contributed by atoms with Crippen molar-refractivity contribution in [2.24, 2.45) is 0 Å². The fourth-order valence-corrected chi connectivity index (χ4v) is 2.28. The van der Waals surface area contributed by atoms with Gasteiger partial charge in [-0.15, -0.1) is 10.2 Å². The van der Waals surface area contributed by atoms with Gasteiger partial charge in [-0.25, -0.2) is 0 Å². The Balaban J connectivity index is 2.49. The van der Waals surface area contributed by atoms with Gasteiger partial charge in [-0.05, 0) is 6.42 Å². The predicted octanol–water partition coefficient (Wildman–Crippen LogP) is 3.16. The van der Waals surface area contributed by atoms with Crippen LogP contribution in [0.3, 0.4) is 0 Å². The number of hydrogen-bond acceptors (Lipinski definition) is 4. The van der Waals surface area contributed by atoms with E-state index in [2.05, 4.69) is 33.1 Å². The van der Waals surface area contributed by atoms with Crippen LogP contribution in [-0.4, -0.2) is 19.7 Å². The Kier molecular flexibility index (Phi) is 4.26. The summed E-state index contributed by atoms with van der Waals surface area (Å²) in [5.41, 5.74) is 0.770. The number of non-ortho nitro benzene ring substituents is 1. The highest BCUT2D eigenvalue weighted by Gasteiger charge is 2.15. The normalized spacial score (nSPS) is 10.6. The molecule has 0 aliphatic carbocycles. The minimum absolute atomic E-state index is 0.0592. The van der Waals surface area contributed by atoms with Gasteiger partial charge in [0.15, 0.2) is 5.82 Å². The van der Waals surface area contributed by atoms with Crippen LogP contribution in [0.5, 0.6) is 0 Å². The summed E-state index contributed by atoms with van der Waals surface area (Å²) in [5, 5.41) is 19.7. The van der Waals surface area contributed by atoms with E-state index in [1.165, 1.54) is 12.1 Å². The number of aromatic nitrogens is 3. The highest BCUT2D eigenvalue weighted by atomic mass is 79.9. The summed E-state index contributed by atoms with van der Waals surface area (Å²) in [7, 11) is 0. The SMILES string of the molecule is CCCn1c(CBr)nnc1-c1cccc([N+](=O)[O-])c1. The monoisotopic (exact) mass is 324 g/mol. The van der Waals surface area contributed by atoms with Crippen LogP contribution in [0.25, 0.3) is 11.4 Å². The lowest BCUT2D eigenvalue weighted by Crippen LogP contribution is -2.04. The van der Waals surface area contributed by atoms with Crippen LogP contribution in [0.4, 0.5) is 5.69 Å². The molecule has 0 saturated carbocycles. The molecular weight excluding hydrogens is 312 g/mol. The molecule has 1 heterocycles. The van der Waals surface area contributed by atoms with Crippen LogP contribution < -0.4 is 0 Å². The molecule has 1 aromatic carbocycles. The van der Waals surface area contributed by atoms with Gasteiger partial charge in [0.1, 0.15) is 5.82 Å². The van der Waals surface area contributed by atoms with Gasteiger partial charge in [-0.1, -0.05) is 35.0 Å². The number of rotatable bonds is 5. The highest BCUT2D eigenvalue weighted by molar-refractivity contribution is 9.08. The smallest absolute Gasteiger partial charge is 0.270 e. The zero-order valence-electron chi connectivity index (χ0n) is 10.4. The third-order valence-corrected chi connectivity index (χ3v) is 3.21. The molecule has 0 spiro atoms. The molecule has 0 amide bonds. The van der Waals surface area contributed by atoms with Gasteiger partial charge < -0.3 is 4.57 Å². The van der Waals surface area contributed by atoms with E-state index in [1.807, 2.05) is 4.57 Å². The Bertz CT molecular complexity index is 597. The number of hydrogen-bond donors (Lipinski definition) is 0. The van der Waals surface area contributed by atoms with Crippen molar-refractivity contribution in [1.29, 1.82) is 0 Å². The summed E-state index contributed by atoms with van der Waals surface area (Å²) < 4.78 is 1.98. The van der Waals surface area contributed by atoms with Crippen LogP contribution in [0, 0.1) is 10.1 Å². The Morgan fingerprint density at radius 2 is 2.21 bits per heavy atom. The van der Waals surface area contributed by atoms with Crippen molar-refractivity contribution in [2.75, 3.05) is 0 Å². The lowest BCUT2D eigenvalue weighted by molar-refractivity contribution is -0.384. The largest absolute Gasteiger partial charge is 0.310 e. The topological polar surface area (TPSA) is 73.8 Å². The zero-order valence-corrected chi connectivity index (χ0v) is 12.0. The Morgan fingerprint density at radius 3 is 2.84 bits per heavy atom. The fraction of sp³-hybridized carbons (Fsp3) is 0.333. The van der Waals surface area contributed by atoms with Crippen molar-refractivity contribution in [3.05, 3.63) is 40.2 Å². The molecule has 1 aromatic heterocycles. The van der Waals surface area contributed by atoms with E-state index < -0.39 is 4.92 Å². The summed E-state index contributed by atoms with van der Waals surface area (Å²) in [6.45, 7) is 2.85. The van der Waals surface area contributed by atoms with Crippen LogP contribution >= 0.6 is 15.9 Å². The fourth-order valence-electron chi connectivity index (χ4n) is 1.86. The van der Waals surface area contributed by atoms with E-state index in [4.69, 9.17) is 0 Å². The quantitative estimate of drug-likeness (QED) is 0.481. The first-order chi connectivity index (χ1) is 9.17. The molecule has 19 heavy (non-hydrogen) atoms. The second kappa shape index (κ2) is 5.92. The third kappa shape index (κ3) is 2.81. The molecule has 0 saturated heterocycles. The zero-order chi connectivity index (χ0) is 13.8. The average Bonchev–Trinajstić information content (AvgIpc) is 2.82. The summed E-state index contributed by atoms with van der Waals surface area (Å²) >= 11 is 3.37.